The van der Waals surface area contributed by atoms with Gasteiger partial charge in [-0.3, -0.25) is 4.79 Å². The molecule has 0 bridgehead atoms. The van der Waals surface area contributed by atoms with Gasteiger partial charge in [0.2, 0.25) is 0 Å². The van der Waals surface area contributed by atoms with Crippen molar-refractivity contribution < 1.29 is 4.79 Å². The van der Waals surface area contributed by atoms with E-state index in [0.717, 1.165) is 25.7 Å². The molecule has 0 amide bonds. The Morgan fingerprint density at radius 1 is 1.20 bits per heavy atom. The average Bonchev–Trinajstić information content (AvgIpc) is 3.11. The minimum absolute atomic E-state index is 0.0301. The molecule has 0 saturated heterocycles. The second kappa shape index (κ2) is 5.35. The van der Waals surface area contributed by atoms with E-state index in [1.807, 2.05) is 0 Å². The summed E-state index contributed by atoms with van der Waals surface area (Å²) in [6.45, 7) is 4.52. The lowest BCUT2D eigenvalue weighted by Gasteiger charge is -2.29. The molecule has 1 aromatic carbocycles. The molecule has 0 radical (unpaired) electrons. The van der Waals surface area contributed by atoms with E-state index in [2.05, 4.69) is 44.2 Å². The fourth-order valence-electron chi connectivity index (χ4n) is 4.33. The number of carbonyl (C=O) groups excluding carboxylic acids is 1. The van der Waals surface area contributed by atoms with Crippen molar-refractivity contribution in [2.45, 2.75) is 58.3 Å². The number of ketones is 1. The topological polar surface area (TPSA) is 17.1 Å². The molecule has 2 atom stereocenters. The fourth-order valence-corrected chi connectivity index (χ4v) is 4.33. The number of rotatable bonds is 5. The third kappa shape index (κ3) is 2.55. The minimum atomic E-state index is 0.0301. The van der Waals surface area contributed by atoms with Crippen molar-refractivity contribution in [2.24, 2.45) is 17.3 Å². The maximum Gasteiger partial charge on any atom is 0.142 e. The normalized spacial score (nSPS) is 27.8. The molecule has 0 N–H and O–H groups in total. The first-order chi connectivity index (χ1) is 9.62. The predicted octanol–water partition coefficient (Wildman–Crippen LogP) is 4.97. The molecule has 108 valence electrons. The molecule has 3 rings (SSSR count). The molecule has 1 heteroatoms. The molecular formula is C19H26O. The van der Waals surface area contributed by atoms with Gasteiger partial charge < -0.3 is 0 Å². The van der Waals surface area contributed by atoms with Gasteiger partial charge in [0, 0.05) is 11.3 Å². The van der Waals surface area contributed by atoms with E-state index in [-0.39, 0.29) is 5.41 Å². The van der Waals surface area contributed by atoms with Crippen molar-refractivity contribution in [3.63, 3.8) is 0 Å². The highest BCUT2D eigenvalue weighted by atomic mass is 16.1. The summed E-state index contributed by atoms with van der Waals surface area (Å²) in [5, 5.41) is 0. The van der Waals surface area contributed by atoms with Crippen LogP contribution in [0.1, 0.15) is 63.9 Å². The van der Waals surface area contributed by atoms with Crippen LogP contribution in [0.25, 0.3) is 0 Å². The molecule has 2 saturated carbocycles. The highest BCUT2D eigenvalue weighted by Gasteiger charge is 2.52. The molecule has 2 aliphatic carbocycles. The van der Waals surface area contributed by atoms with E-state index in [9.17, 15) is 4.79 Å². The van der Waals surface area contributed by atoms with Gasteiger partial charge in [-0.15, -0.1) is 0 Å². The van der Waals surface area contributed by atoms with Crippen LogP contribution in [0.3, 0.4) is 0 Å². The molecule has 20 heavy (non-hydrogen) atoms. The summed E-state index contributed by atoms with van der Waals surface area (Å²) < 4.78 is 0. The Bertz CT molecular complexity index is 468. The van der Waals surface area contributed by atoms with Gasteiger partial charge in [-0.1, -0.05) is 57.0 Å². The van der Waals surface area contributed by atoms with Crippen LogP contribution in [-0.4, -0.2) is 5.78 Å². The maximum absolute atomic E-state index is 13.0. The van der Waals surface area contributed by atoms with Crippen LogP contribution in [0.15, 0.2) is 30.3 Å². The summed E-state index contributed by atoms with van der Waals surface area (Å²) in [6.07, 6.45) is 6.97. The molecule has 0 spiro atoms. The van der Waals surface area contributed by atoms with Crippen molar-refractivity contribution in [1.82, 2.24) is 0 Å². The van der Waals surface area contributed by atoms with Crippen LogP contribution in [0.4, 0.5) is 0 Å². The smallest absolute Gasteiger partial charge is 0.142 e. The third-order valence-corrected chi connectivity index (χ3v) is 5.24. The first-order valence-electron chi connectivity index (χ1n) is 8.22. The lowest BCUT2D eigenvalue weighted by Crippen LogP contribution is -2.31. The zero-order chi connectivity index (χ0) is 14.2. The molecule has 1 aromatic rings. The van der Waals surface area contributed by atoms with Crippen molar-refractivity contribution in [1.29, 1.82) is 0 Å². The molecule has 0 aromatic heterocycles. The van der Waals surface area contributed by atoms with Gasteiger partial charge in [0.15, 0.2) is 0 Å². The monoisotopic (exact) mass is 270 g/mol. The summed E-state index contributed by atoms with van der Waals surface area (Å²) >= 11 is 0. The Morgan fingerprint density at radius 2 is 1.85 bits per heavy atom. The van der Waals surface area contributed by atoms with Crippen LogP contribution < -0.4 is 0 Å². The summed E-state index contributed by atoms with van der Waals surface area (Å²) in [5.41, 5.74) is 1.39. The van der Waals surface area contributed by atoms with Crippen LogP contribution in [0.5, 0.6) is 0 Å². The Morgan fingerprint density at radius 3 is 2.45 bits per heavy atom. The summed E-state index contributed by atoms with van der Waals surface area (Å²) in [7, 11) is 0. The highest BCUT2D eigenvalue weighted by Crippen LogP contribution is 2.55. The Kier molecular flexibility index (Phi) is 3.70. The van der Waals surface area contributed by atoms with Crippen LogP contribution in [-0.2, 0) is 4.79 Å². The fraction of sp³-hybridized carbons (Fsp3) is 0.632. The van der Waals surface area contributed by atoms with Gasteiger partial charge in [-0.05, 0) is 43.1 Å². The van der Waals surface area contributed by atoms with Gasteiger partial charge in [-0.25, -0.2) is 0 Å². The van der Waals surface area contributed by atoms with Crippen molar-refractivity contribution in [3.8, 4) is 0 Å². The van der Waals surface area contributed by atoms with E-state index < -0.39 is 0 Å². The number of Topliss-reactive ketones (excluding diaryl/α,β-unsaturated/α-hetero) is 1. The first-order valence-corrected chi connectivity index (χ1v) is 8.22. The molecule has 1 nitrogen and oxygen atoms in total. The Balaban J connectivity index is 1.73. The van der Waals surface area contributed by atoms with E-state index in [1.165, 1.54) is 18.4 Å². The number of benzene rings is 1. The van der Waals surface area contributed by atoms with Gasteiger partial charge in [-0.2, -0.15) is 0 Å². The van der Waals surface area contributed by atoms with Gasteiger partial charge in [0.25, 0.3) is 0 Å². The number of carbonyl (C=O) groups is 1. The Labute approximate surface area is 122 Å². The van der Waals surface area contributed by atoms with Crippen molar-refractivity contribution in [2.75, 3.05) is 0 Å². The lowest BCUT2D eigenvalue weighted by atomic mass is 9.73. The summed E-state index contributed by atoms with van der Waals surface area (Å²) in [6, 6.07) is 10.6. The summed E-state index contributed by atoms with van der Waals surface area (Å²) in [5.74, 6) is 2.05. The quantitative estimate of drug-likeness (QED) is 0.738. The molecule has 2 fully saturated rings. The molecule has 2 unspecified atom stereocenters. The minimum Gasteiger partial charge on any atom is -0.299 e. The summed E-state index contributed by atoms with van der Waals surface area (Å²) in [4.78, 5) is 13.0. The maximum atomic E-state index is 13.0. The zero-order valence-corrected chi connectivity index (χ0v) is 12.8. The largest absolute Gasteiger partial charge is 0.299 e. The van der Waals surface area contributed by atoms with Gasteiger partial charge >= 0.3 is 0 Å². The van der Waals surface area contributed by atoms with Crippen LogP contribution >= 0.6 is 0 Å². The SMILES string of the molecule is CC(C)CC1(C(=O)C2CC2c2ccccc2)CCCC1. The van der Waals surface area contributed by atoms with Crippen LogP contribution in [0, 0.1) is 17.3 Å². The second-order valence-electron chi connectivity index (χ2n) is 7.31. The predicted molar refractivity (Wildman–Crippen MR) is 82.7 cm³/mol. The lowest BCUT2D eigenvalue weighted by molar-refractivity contribution is -0.131. The molecular weight excluding hydrogens is 244 g/mol. The van der Waals surface area contributed by atoms with Crippen molar-refractivity contribution in [3.05, 3.63) is 35.9 Å². The number of hydrogen-bond acceptors (Lipinski definition) is 1. The van der Waals surface area contributed by atoms with E-state index in [0.29, 0.717) is 23.5 Å². The molecule has 0 aliphatic heterocycles. The standard InChI is InChI=1S/C19H26O/c1-14(2)13-19(10-6-7-11-19)18(20)17-12-16(17)15-8-4-3-5-9-15/h3-5,8-9,14,16-17H,6-7,10-13H2,1-2H3. The zero-order valence-electron chi connectivity index (χ0n) is 12.8. The molecule has 2 aliphatic rings. The van der Waals surface area contributed by atoms with E-state index >= 15 is 0 Å². The van der Waals surface area contributed by atoms with Gasteiger partial charge in [0.1, 0.15) is 5.78 Å². The second-order valence-corrected chi connectivity index (χ2v) is 7.31. The van der Waals surface area contributed by atoms with Crippen LogP contribution in [0.2, 0.25) is 0 Å². The Hall–Kier alpha value is -1.11. The highest BCUT2D eigenvalue weighted by molar-refractivity contribution is 5.90. The van der Waals surface area contributed by atoms with Crippen molar-refractivity contribution >= 4 is 5.78 Å². The third-order valence-electron chi connectivity index (χ3n) is 5.24. The average molecular weight is 270 g/mol. The van der Waals surface area contributed by atoms with Gasteiger partial charge in [0.05, 0.1) is 0 Å². The first kappa shape index (κ1) is 13.9. The van der Waals surface area contributed by atoms with E-state index in [1.54, 1.807) is 0 Å². The molecule has 0 heterocycles. The van der Waals surface area contributed by atoms with E-state index in [4.69, 9.17) is 0 Å². The number of hydrogen-bond donors (Lipinski definition) is 0.